The average molecular weight is 1070 g/mol. The largest absolute Gasteiger partial charge is 0.462 e. The monoisotopic (exact) mass is 1070 g/mol. The molecule has 1 unspecified atom stereocenters. The molecule has 1 atom stereocenters. The Morgan fingerprint density at radius 1 is 0.273 bits per heavy atom. The van der Waals surface area contributed by atoms with Gasteiger partial charge in [-0.3, -0.25) is 14.4 Å². The summed E-state index contributed by atoms with van der Waals surface area (Å²) in [4.78, 5) is 38.2. The van der Waals surface area contributed by atoms with E-state index in [0.29, 0.717) is 19.3 Å². The number of unbranched alkanes of at least 4 members (excludes halogenated alkanes) is 26. The minimum atomic E-state index is -0.785. The zero-order valence-electron chi connectivity index (χ0n) is 50.2. The van der Waals surface area contributed by atoms with Crippen LogP contribution in [0.1, 0.15) is 290 Å². The number of carbonyl (C=O) groups excluding carboxylic acids is 3. The third kappa shape index (κ3) is 62.5. The van der Waals surface area contributed by atoms with Crippen molar-refractivity contribution in [3.8, 4) is 0 Å². The maximum absolute atomic E-state index is 12.9. The van der Waals surface area contributed by atoms with E-state index in [1.54, 1.807) is 0 Å². The normalized spacial score (nSPS) is 12.9. The van der Waals surface area contributed by atoms with Crippen LogP contribution in [0.5, 0.6) is 0 Å². The lowest BCUT2D eigenvalue weighted by molar-refractivity contribution is -0.167. The van der Waals surface area contributed by atoms with Crippen LogP contribution in [0.25, 0.3) is 0 Å². The Morgan fingerprint density at radius 3 is 0.792 bits per heavy atom. The molecule has 0 rings (SSSR count). The fourth-order valence-electron chi connectivity index (χ4n) is 8.73. The fourth-order valence-corrected chi connectivity index (χ4v) is 8.73. The van der Waals surface area contributed by atoms with Gasteiger partial charge in [0.05, 0.1) is 0 Å². The molecule has 0 aromatic rings. The van der Waals surface area contributed by atoms with E-state index >= 15 is 0 Å². The summed E-state index contributed by atoms with van der Waals surface area (Å²) in [5, 5.41) is 0. The summed E-state index contributed by atoms with van der Waals surface area (Å²) in [6, 6.07) is 0. The lowest BCUT2D eigenvalue weighted by Gasteiger charge is -2.18. The van der Waals surface area contributed by atoms with Gasteiger partial charge in [-0.1, -0.05) is 284 Å². The molecule has 0 spiro atoms. The Bertz CT molecular complexity index is 1600. The first-order chi connectivity index (χ1) is 38.0. The highest BCUT2D eigenvalue weighted by Crippen LogP contribution is 2.16. The minimum Gasteiger partial charge on any atom is -0.462 e. The molecule has 438 valence electrons. The van der Waals surface area contributed by atoms with E-state index in [1.807, 2.05) is 0 Å². The highest BCUT2D eigenvalue weighted by Gasteiger charge is 2.19. The highest BCUT2D eigenvalue weighted by atomic mass is 16.6. The van der Waals surface area contributed by atoms with Crippen LogP contribution >= 0.6 is 0 Å². The second kappa shape index (κ2) is 64.3. The second-order valence-electron chi connectivity index (χ2n) is 20.9. The van der Waals surface area contributed by atoms with E-state index < -0.39 is 6.10 Å². The number of esters is 3. The van der Waals surface area contributed by atoms with Gasteiger partial charge in [-0.05, 0) is 109 Å². The van der Waals surface area contributed by atoms with Gasteiger partial charge >= 0.3 is 17.9 Å². The first-order valence-electron chi connectivity index (χ1n) is 32.0. The Kier molecular flexibility index (Phi) is 60.8. The van der Waals surface area contributed by atoms with E-state index in [2.05, 4.69) is 142 Å². The summed E-state index contributed by atoms with van der Waals surface area (Å²) < 4.78 is 16.9. The van der Waals surface area contributed by atoms with Crippen molar-refractivity contribution in [3.05, 3.63) is 122 Å². The number of allylic oxidation sites excluding steroid dienone is 20. The first kappa shape index (κ1) is 72.8. The lowest BCUT2D eigenvalue weighted by atomic mass is 10.1. The molecule has 0 aliphatic rings. The minimum absolute atomic E-state index is 0.0823. The van der Waals surface area contributed by atoms with Crippen LogP contribution in [0, 0.1) is 0 Å². The standard InChI is InChI=1S/C71H118O6/c1-4-7-10-13-16-19-21-23-25-27-29-31-32-33-34-35-36-37-38-40-41-43-45-47-49-52-55-58-61-64-70(73)76-67-68(66-75-69(72)63-60-57-54-51-18-15-12-9-6-3)77-71(74)65-62-59-56-53-50-48-46-44-42-39-30-28-26-24-22-20-17-14-11-8-5-2/h7-8,10-11,16-17,19-20,23-26,29-31,33-34,36-37,39,68H,4-6,9,12-15,18,21-22,27-28,32,35,38,40-67H2,1-3H3/b10-7-,11-8-,19-16-,20-17-,25-23-,26-24-,31-29-,34-33-,37-36-,39-30-. The van der Waals surface area contributed by atoms with Crippen molar-refractivity contribution < 1.29 is 28.6 Å². The number of hydrogen-bond donors (Lipinski definition) is 0. The van der Waals surface area contributed by atoms with Gasteiger partial charge in [0.15, 0.2) is 6.10 Å². The van der Waals surface area contributed by atoms with Crippen molar-refractivity contribution in [2.24, 2.45) is 0 Å². The van der Waals surface area contributed by atoms with Gasteiger partial charge in [0.1, 0.15) is 13.2 Å². The molecule has 0 radical (unpaired) electrons. The predicted octanol–water partition coefficient (Wildman–Crippen LogP) is 22.0. The topological polar surface area (TPSA) is 78.9 Å². The molecule has 0 aliphatic heterocycles. The van der Waals surface area contributed by atoms with Crippen molar-refractivity contribution in [1.29, 1.82) is 0 Å². The van der Waals surface area contributed by atoms with Gasteiger partial charge < -0.3 is 14.2 Å². The van der Waals surface area contributed by atoms with Crippen LogP contribution < -0.4 is 0 Å². The third-order valence-electron chi connectivity index (χ3n) is 13.5. The van der Waals surface area contributed by atoms with Crippen molar-refractivity contribution in [2.45, 2.75) is 297 Å². The van der Waals surface area contributed by atoms with Crippen LogP contribution in [0.3, 0.4) is 0 Å². The van der Waals surface area contributed by atoms with E-state index in [9.17, 15) is 14.4 Å². The van der Waals surface area contributed by atoms with Gasteiger partial charge in [0, 0.05) is 19.3 Å². The van der Waals surface area contributed by atoms with Crippen LogP contribution in [-0.2, 0) is 28.6 Å². The molecule has 0 saturated carbocycles. The van der Waals surface area contributed by atoms with Crippen LogP contribution in [0.2, 0.25) is 0 Å². The highest BCUT2D eigenvalue weighted by molar-refractivity contribution is 5.71. The quantitative estimate of drug-likeness (QED) is 0.0261. The third-order valence-corrected chi connectivity index (χ3v) is 13.5. The molecule has 6 heteroatoms. The molecular formula is C71H118O6. The van der Waals surface area contributed by atoms with Crippen molar-refractivity contribution in [1.82, 2.24) is 0 Å². The average Bonchev–Trinajstić information content (AvgIpc) is 3.43. The van der Waals surface area contributed by atoms with Crippen LogP contribution in [-0.4, -0.2) is 37.2 Å². The first-order valence-corrected chi connectivity index (χ1v) is 32.0. The molecule has 0 bridgehead atoms. The van der Waals surface area contributed by atoms with Crippen molar-refractivity contribution >= 4 is 17.9 Å². The summed E-state index contributed by atoms with van der Waals surface area (Å²) in [6.07, 6.45) is 89.3. The van der Waals surface area contributed by atoms with Crippen LogP contribution in [0.4, 0.5) is 0 Å². The summed E-state index contributed by atoms with van der Waals surface area (Å²) in [5.74, 6) is -0.893. The Morgan fingerprint density at radius 2 is 0.506 bits per heavy atom. The zero-order chi connectivity index (χ0) is 55.7. The summed E-state index contributed by atoms with van der Waals surface area (Å²) in [7, 11) is 0. The van der Waals surface area contributed by atoms with Crippen molar-refractivity contribution in [2.75, 3.05) is 13.2 Å². The van der Waals surface area contributed by atoms with Gasteiger partial charge in [-0.25, -0.2) is 0 Å². The molecule has 0 amide bonds. The number of hydrogen-bond acceptors (Lipinski definition) is 6. The molecule has 6 nitrogen and oxygen atoms in total. The van der Waals surface area contributed by atoms with Gasteiger partial charge in [-0.2, -0.15) is 0 Å². The number of ether oxygens (including phenoxy) is 3. The molecular weight excluding hydrogens is 949 g/mol. The molecule has 0 aromatic carbocycles. The fraction of sp³-hybridized carbons (Fsp3) is 0.676. The molecule has 0 N–H and O–H groups in total. The molecule has 0 aliphatic carbocycles. The van der Waals surface area contributed by atoms with Gasteiger partial charge in [-0.15, -0.1) is 0 Å². The maximum Gasteiger partial charge on any atom is 0.306 e. The molecule has 0 aromatic heterocycles. The van der Waals surface area contributed by atoms with E-state index in [1.165, 1.54) is 122 Å². The lowest BCUT2D eigenvalue weighted by Crippen LogP contribution is -2.30. The maximum atomic E-state index is 12.9. The second-order valence-corrected chi connectivity index (χ2v) is 20.9. The van der Waals surface area contributed by atoms with Gasteiger partial charge in [0.25, 0.3) is 0 Å². The summed E-state index contributed by atoms with van der Waals surface area (Å²) in [5.41, 5.74) is 0. The molecule has 0 fully saturated rings. The van der Waals surface area contributed by atoms with Gasteiger partial charge in [0.2, 0.25) is 0 Å². The predicted molar refractivity (Wildman–Crippen MR) is 334 cm³/mol. The molecule has 0 saturated heterocycles. The van der Waals surface area contributed by atoms with Crippen molar-refractivity contribution in [3.63, 3.8) is 0 Å². The number of carbonyl (C=O) groups is 3. The SMILES string of the molecule is CC/C=C\C/C=C\C/C=C\C/C=C\C/C=C\C/C=C\CCCCCCCCCCCCC(=O)OCC(COC(=O)CCCCCCCCCCC)OC(=O)CCCCCCCCCC/C=C\C/C=C\C/C=C\C/C=C\CC. The van der Waals surface area contributed by atoms with E-state index in [-0.39, 0.29) is 31.1 Å². The summed E-state index contributed by atoms with van der Waals surface area (Å²) >= 11 is 0. The number of rotatable bonds is 57. The Labute approximate surface area is 475 Å². The Balaban J connectivity index is 4.23. The van der Waals surface area contributed by atoms with E-state index in [4.69, 9.17) is 14.2 Å². The summed E-state index contributed by atoms with van der Waals surface area (Å²) in [6.45, 7) is 6.40. The van der Waals surface area contributed by atoms with E-state index in [0.717, 1.165) is 128 Å². The zero-order valence-corrected chi connectivity index (χ0v) is 50.2. The Hall–Kier alpha value is -4.19. The molecule has 77 heavy (non-hydrogen) atoms. The molecule has 0 heterocycles. The smallest absolute Gasteiger partial charge is 0.306 e. The van der Waals surface area contributed by atoms with Crippen LogP contribution in [0.15, 0.2) is 122 Å².